The molecule has 0 aliphatic carbocycles. The summed E-state index contributed by atoms with van der Waals surface area (Å²) in [4.78, 5) is 0. The van der Waals surface area contributed by atoms with E-state index in [0.29, 0.717) is 11.0 Å². The molecule has 0 N–H and O–H groups in total. The van der Waals surface area contributed by atoms with E-state index >= 15 is 0 Å². The van der Waals surface area contributed by atoms with Gasteiger partial charge in [0.25, 0.3) is 0 Å². The Morgan fingerprint density at radius 2 is 1.93 bits per heavy atom. The van der Waals surface area contributed by atoms with E-state index in [9.17, 15) is 0 Å². The van der Waals surface area contributed by atoms with Crippen LogP contribution in [0.15, 0.2) is 36.1 Å². The number of hydrogen-bond donors (Lipinski definition) is 0. The molecule has 1 fully saturated rings. The zero-order valence-electron chi connectivity index (χ0n) is 9.47. The van der Waals surface area contributed by atoms with Crippen LogP contribution in [0.3, 0.4) is 0 Å². The zero-order chi connectivity index (χ0) is 10.9. The molecule has 1 aromatic carbocycles. The molecule has 1 aromatic rings. The molecule has 0 bridgehead atoms. The van der Waals surface area contributed by atoms with Crippen molar-refractivity contribution < 1.29 is 4.74 Å². The van der Waals surface area contributed by atoms with Crippen LogP contribution in [0, 0.1) is 0 Å². The van der Waals surface area contributed by atoms with Crippen molar-refractivity contribution in [1.82, 2.24) is 0 Å². The standard InChI is InChI=1S/C13H17OP/c1-13(2)12(14-3)15(13)10-9-11-7-5-4-6-8-11/h4-10,12H,1-3H3/b10-9+/t12?,15-/m1/s1. The molecule has 0 saturated carbocycles. The smallest absolute Gasteiger partial charge is 0.0896 e. The number of rotatable bonds is 3. The summed E-state index contributed by atoms with van der Waals surface area (Å²) < 4.78 is 5.46. The normalized spacial score (nSPS) is 28.2. The average Bonchev–Trinajstić information content (AvgIpc) is 2.78. The van der Waals surface area contributed by atoms with Gasteiger partial charge in [-0.2, -0.15) is 0 Å². The van der Waals surface area contributed by atoms with Gasteiger partial charge in [-0.15, -0.1) is 0 Å². The third-order valence-electron chi connectivity index (χ3n) is 2.91. The SMILES string of the molecule is COC1[P@@](/C=C/c2ccccc2)C1(C)C. The first-order chi connectivity index (χ1) is 7.16. The molecular weight excluding hydrogens is 203 g/mol. The molecular formula is C13H17OP. The lowest BCUT2D eigenvalue weighted by molar-refractivity contribution is 0.179. The molecule has 1 saturated heterocycles. The highest BCUT2D eigenvalue weighted by atomic mass is 31.1. The van der Waals surface area contributed by atoms with E-state index in [0.717, 1.165) is 0 Å². The number of hydrogen-bond acceptors (Lipinski definition) is 1. The first-order valence-corrected chi connectivity index (χ1v) is 6.69. The monoisotopic (exact) mass is 220 g/mol. The Morgan fingerprint density at radius 1 is 1.27 bits per heavy atom. The van der Waals surface area contributed by atoms with Crippen LogP contribution < -0.4 is 0 Å². The van der Waals surface area contributed by atoms with E-state index in [-0.39, 0.29) is 7.92 Å². The summed E-state index contributed by atoms with van der Waals surface area (Å²) in [5.41, 5.74) is 1.28. The van der Waals surface area contributed by atoms with E-state index in [1.54, 1.807) is 0 Å². The van der Waals surface area contributed by atoms with Gasteiger partial charge in [0.05, 0.1) is 5.85 Å². The molecule has 2 atom stereocenters. The van der Waals surface area contributed by atoms with Gasteiger partial charge in [-0.25, -0.2) is 0 Å². The lowest BCUT2D eigenvalue weighted by Gasteiger charge is -1.96. The van der Waals surface area contributed by atoms with Crippen LogP contribution in [0.2, 0.25) is 0 Å². The van der Waals surface area contributed by atoms with Gasteiger partial charge in [-0.3, -0.25) is 0 Å². The van der Waals surface area contributed by atoms with Crippen LogP contribution in [0.25, 0.3) is 6.08 Å². The highest BCUT2D eigenvalue weighted by Crippen LogP contribution is 2.76. The molecule has 80 valence electrons. The summed E-state index contributed by atoms with van der Waals surface area (Å²) in [6.07, 6.45) is 2.21. The van der Waals surface area contributed by atoms with Gasteiger partial charge in [0.15, 0.2) is 0 Å². The summed E-state index contributed by atoms with van der Waals surface area (Å²) >= 11 is 0. The highest BCUT2D eigenvalue weighted by molar-refractivity contribution is 7.71. The van der Waals surface area contributed by atoms with E-state index in [1.807, 2.05) is 13.2 Å². The fourth-order valence-electron chi connectivity index (χ4n) is 1.88. The van der Waals surface area contributed by atoms with Crippen molar-refractivity contribution in [2.45, 2.75) is 24.8 Å². The van der Waals surface area contributed by atoms with E-state index < -0.39 is 0 Å². The Kier molecular flexibility index (Phi) is 2.95. The van der Waals surface area contributed by atoms with Gasteiger partial charge in [-0.1, -0.05) is 56.1 Å². The van der Waals surface area contributed by atoms with Crippen LogP contribution in [-0.2, 0) is 4.74 Å². The van der Waals surface area contributed by atoms with Crippen molar-refractivity contribution in [3.8, 4) is 0 Å². The van der Waals surface area contributed by atoms with Gasteiger partial charge < -0.3 is 4.74 Å². The number of methoxy groups -OCH3 is 1. The van der Waals surface area contributed by atoms with Gasteiger partial charge in [0.2, 0.25) is 0 Å². The van der Waals surface area contributed by atoms with Gasteiger partial charge >= 0.3 is 0 Å². The minimum atomic E-state index is -0.0837. The molecule has 1 unspecified atom stereocenters. The highest BCUT2D eigenvalue weighted by Gasteiger charge is 2.56. The minimum Gasteiger partial charge on any atom is -0.376 e. The molecule has 2 heteroatoms. The molecule has 1 aliphatic heterocycles. The second-order valence-electron chi connectivity index (χ2n) is 4.38. The van der Waals surface area contributed by atoms with Crippen molar-refractivity contribution in [3.05, 3.63) is 41.7 Å². The summed E-state index contributed by atoms with van der Waals surface area (Å²) in [5, 5.41) is 0.370. The van der Waals surface area contributed by atoms with Crippen molar-refractivity contribution in [3.63, 3.8) is 0 Å². The van der Waals surface area contributed by atoms with Crippen molar-refractivity contribution >= 4 is 14.0 Å². The molecule has 0 radical (unpaired) electrons. The lowest BCUT2D eigenvalue weighted by atomic mass is 10.2. The maximum absolute atomic E-state index is 5.46. The van der Waals surface area contributed by atoms with Crippen molar-refractivity contribution in [2.75, 3.05) is 7.11 Å². The lowest BCUT2D eigenvalue weighted by Crippen LogP contribution is -2.03. The predicted molar refractivity (Wildman–Crippen MR) is 67.3 cm³/mol. The van der Waals surface area contributed by atoms with E-state index in [4.69, 9.17) is 4.74 Å². The molecule has 0 amide bonds. The van der Waals surface area contributed by atoms with E-state index in [2.05, 4.69) is 50.0 Å². The van der Waals surface area contributed by atoms with Gasteiger partial charge in [-0.05, 0) is 13.5 Å². The van der Waals surface area contributed by atoms with Crippen molar-refractivity contribution in [2.24, 2.45) is 0 Å². The van der Waals surface area contributed by atoms with Crippen LogP contribution in [0.5, 0.6) is 0 Å². The second kappa shape index (κ2) is 4.08. The Balaban J connectivity index is 2.03. The molecule has 1 nitrogen and oxygen atoms in total. The fraction of sp³-hybridized carbons (Fsp3) is 0.385. The quantitative estimate of drug-likeness (QED) is 0.702. The predicted octanol–water partition coefficient (Wildman–Crippen LogP) is 3.90. The maximum atomic E-state index is 5.46. The Hall–Kier alpha value is -0.650. The summed E-state index contributed by atoms with van der Waals surface area (Å²) in [5.74, 6) is 2.78. The summed E-state index contributed by atoms with van der Waals surface area (Å²) in [7, 11) is 1.73. The zero-order valence-corrected chi connectivity index (χ0v) is 10.4. The summed E-state index contributed by atoms with van der Waals surface area (Å²) in [6.45, 7) is 4.56. The number of benzene rings is 1. The third kappa shape index (κ3) is 2.14. The Bertz CT molecular complexity index is 356. The summed E-state index contributed by atoms with van der Waals surface area (Å²) in [6, 6.07) is 10.4. The van der Waals surface area contributed by atoms with Crippen LogP contribution in [0.4, 0.5) is 0 Å². The number of ether oxygens (including phenoxy) is 1. The Morgan fingerprint density at radius 3 is 2.47 bits per heavy atom. The first kappa shape index (κ1) is 10.9. The minimum absolute atomic E-state index is 0.0837. The first-order valence-electron chi connectivity index (χ1n) is 5.21. The van der Waals surface area contributed by atoms with Gasteiger partial charge in [0.1, 0.15) is 0 Å². The fourth-order valence-corrected chi connectivity index (χ4v) is 4.24. The maximum Gasteiger partial charge on any atom is 0.0896 e. The van der Waals surface area contributed by atoms with E-state index in [1.165, 1.54) is 5.56 Å². The van der Waals surface area contributed by atoms with Crippen LogP contribution >= 0.6 is 7.92 Å². The molecule has 15 heavy (non-hydrogen) atoms. The Labute approximate surface area is 92.9 Å². The van der Waals surface area contributed by atoms with Crippen LogP contribution in [-0.4, -0.2) is 18.1 Å². The topological polar surface area (TPSA) is 9.23 Å². The largest absolute Gasteiger partial charge is 0.376 e. The molecule has 2 rings (SSSR count). The molecule has 0 aromatic heterocycles. The van der Waals surface area contributed by atoms with Gasteiger partial charge in [0, 0.05) is 12.3 Å². The molecule has 1 aliphatic rings. The van der Waals surface area contributed by atoms with Crippen LogP contribution in [0.1, 0.15) is 19.4 Å². The second-order valence-corrected chi connectivity index (χ2v) is 7.11. The molecule has 1 heterocycles. The van der Waals surface area contributed by atoms with Crippen molar-refractivity contribution in [1.29, 1.82) is 0 Å². The molecule has 0 spiro atoms. The average molecular weight is 220 g/mol. The third-order valence-corrected chi connectivity index (χ3v) is 6.02.